The van der Waals surface area contributed by atoms with E-state index < -0.39 is 0 Å². The van der Waals surface area contributed by atoms with Crippen LogP contribution in [0.4, 0.5) is 0 Å². The average Bonchev–Trinajstić information content (AvgIpc) is 2.20. The fourth-order valence-electron chi connectivity index (χ4n) is 1.08. The summed E-state index contributed by atoms with van der Waals surface area (Å²) in [6.07, 6.45) is 4.43. The summed E-state index contributed by atoms with van der Waals surface area (Å²) in [7, 11) is 4.11. The molecule has 0 saturated carbocycles. The Labute approximate surface area is 101 Å². The highest BCUT2D eigenvalue weighted by molar-refractivity contribution is 5.18. The van der Waals surface area contributed by atoms with Gasteiger partial charge in [-0.2, -0.15) is 0 Å². The van der Waals surface area contributed by atoms with Crippen molar-refractivity contribution in [1.29, 1.82) is 0 Å². The number of nitrogens with one attached hydrogen (secondary N) is 1. The van der Waals surface area contributed by atoms with Crippen molar-refractivity contribution in [3.63, 3.8) is 0 Å². The number of allylic oxidation sites excluding steroid dienone is 4. The first-order valence-electron chi connectivity index (χ1n) is 6.00. The average molecular weight is 224 g/mol. The van der Waals surface area contributed by atoms with Gasteiger partial charge in [0.15, 0.2) is 0 Å². The third-order valence-electron chi connectivity index (χ3n) is 3.06. The largest absolute Gasteiger partial charge is 0.377 e. The molecule has 0 spiro atoms. The third-order valence-corrected chi connectivity index (χ3v) is 3.06. The maximum atomic E-state index is 3.16. The minimum absolute atomic E-state index is 0.264. The second kappa shape index (κ2) is 6.74. The Morgan fingerprint density at radius 2 is 1.75 bits per heavy atom. The van der Waals surface area contributed by atoms with Crippen LogP contribution in [0.5, 0.6) is 0 Å². The van der Waals surface area contributed by atoms with Crippen LogP contribution >= 0.6 is 0 Å². The molecule has 0 aromatic rings. The highest BCUT2D eigenvalue weighted by Gasteiger charge is 2.11. The summed E-state index contributed by atoms with van der Waals surface area (Å²) >= 11 is 0. The van der Waals surface area contributed by atoms with Crippen molar-refractivity contribution < 1.29 is 0 Å². The highest BCUT2D eigenvalue weighted by atomic mass is 15.1. The standard InChI is InChI=1S/C14H28N2/c1-12(14(3,4)5)8-9-13(2)16(7)11-10-15-6/h8-9,15H,10-11H2,1-7H3/b12-8+,13-9+. The van der Waals surface area contributed by atoms with Gasteiger partial charge in [-0.3, -0.25) is 0 Å². The summed E-state index contributed by atoms with van der Waals surface area (Å²) in [4.78, 5) is 2.27. The number of nitrogens with zero attached hydrogens (tertiary/aromatic N) is 1. The molecule has 0 aromatic carbocycles. The van der Waals surface area contributed by atoms with Gasteiger partial charge >= 0.3 is 0 Å². The molecule has 0 unspecified atom stereocenters. The lowest BCUT2D eigenvalue weighted by Gasteiger charge is -2.21. The molecular weight excluding hydrogens is 196 g/mol. The van der Waals surface area contributed by atoms with Crippen LogP contribution in [0.2, 0.25) is 0 Å². The topological polar surface area (TPSA) is 15.3 Å². The van der Waals surface area contributed by atoms with Gasteiger partial charge in [0.1, 0.15) is 0 Å². The minimum atomic E-state index is 0.264. The van der Waals surface area contributed by atoms with Gasteiger partial charge in [-0.25, -0.2) is 0 Å². The van der Waals surface area contributed by atoms with Crippen molar-refractivity contribution in [3.05, 3.63) is 23.4 Å². The van der Waals surface area contributed by atoms with Gasteiger partial charge in [0, 0.05) is 25.8 Å². The normalized spacial score (nSPS) is 14.2. The molecule has 94 valence electrons. The smallest absolute Gasteiger partial charge is 0.0296 e. The fourth-order valence-corrected chi connectivity index (χ4v) is 1.08. The maximum absolute atomic E-state index is 3.16. The summed E-state index contributed by atoms with van der Waals surface area (Å²) < 4.78 is 0. The van der Waals surface area contributed by atoms with Crippen molar-refractivity contribution in [2.75, 3.05) is 27.2 Å². The van der Waals surface area contributed by atoms with E-state index in [1.165, 1.54) is 11.3 Å². The minimum Gasteiger partial charge on any atom is -0.377 e. The van der Waals surface area contributed by atoms with Crippen LogP contribution < -0.4 is 5.32 Å². The zero-order chi connectivity index (χ0) is 12.8. The molecule has 0 aliphatic heterocycles. The lowest BCUT2D eigenvalue weighted by molar-refractivity contribution is 0.416. The first kappa shape index (κ1) is 15.2. The van der Waals surface area contributed by atoms with Crippen molar-refractivity contribution in [3.8, 4) is 0 Å². The molecular formula is C14H28N2. The van der Waals surface area contributed by atoms with Gasteiger partial charge in [-0.05, 0) is 32.4 Å². The summed E-state index contributed by atoms with van der Waals surface area (Å²) in [5, 5.41) is 3.16. The Morgan fingerprint density at radius 3 is 2.19 bits per heavy atom. The second-order valence-corrected chi connectivity index (χ2v) is 5.43. The number of likely N-dealkylation sites (N-methyl/N-ethyl adjacent to an activating group) is 2. The van der Waals surface area contributed by atoms with Gasteiger partial charge in [0.2, 0.25) is 0 Å². The van der Waals surface area contributed by atoms with E-state index in [0.717, 1.165) is 13.1 Å². The summed E-state index contributed by atoms with van der Waals surface area (Å²) in [6, 6.07) is 0. The van der Waals surface area contributed by atoms with Crippen LogP contribution in [-0.4, -0.2) is 32.1 Å². The predicted octanol–water partition coefficient (Wildman–Crippen LogP) is 3.03. The molecule has 0 aliphatic rings. The van der Waals surface area contributed by atoms with Crippen molar-refractivity contribution in [1.82, 2.24) is 10.2 Å². The molecule has 1 N–H and O–H groups in total. The van der Waals surface area contributed by atoms with Crippen LogP contribution in [-0.2, 0) is 0 Å². The molecule has 2 heteroatoms. The third kappa shape index (κ3) is 5.96. The van der Waals surface area contributed by atoms with Gasteiger partial charge in [0.25, 0.3) is 0 Å². The molecule has 2 nitrogen and oxygen atoms in total. The Balaban J connectivity index is 4.43. The molecule has 0 fully saturated rings. The zero-order valence-corrected chi connectivity index (χ0v) is 12.0. The lowest BCUT2D eigenvalue weighted by Crippen LogP contribution is -2.25. The quantitative estimate of drug-likeness (QED) is 0.722. The lowest BCUT2D eigenvalue weighted by atomic mass is 9.87. The van der Waals surface area contributed by atoms with E-state index in [1.807, 2.05) is 7.05 Å². The Kier molecular flexibility index (Phi) is 6.42. The van der Waals surface area contributed by atoms with E-state index in [9.17, 15) is 0 Å². The molecule has 0 bridgehead atoms. The molecule has 16 heavy (non-hydrogen) atoms. The number of hydrogen-bond donors (Lipinski definition) is 1. The van der Waals surface area contributed by atoms with E-state index in [2.05, 4.69) is 64.0 Å². The number of rotatable bonds is 5. The van der Waals surface area contributed by atoms with E-state index in [-0.39, 0.29) is 5.41 Å². The van der Waals surface area contributed by atoms with E-state index in [4.69, 9.17) is 0 Å². The molecule has 0 aromatic heterocycles. The van der Waals surface area contributed by atoms with Crippen molar-refractivity contribution >= 4 is 0 Å². The fraction of sp³-hybridized carbons (Fsp3) is 0.714. The van der Waals surface area contributed by atoms with Crippen LogP contribution in [0.1, 0.15) is 34.6 Å². The van der Waals surface area contributed by atoms with Crippen LogP contribution in [0, 0.1) is 5.41 Å². The second-order valence-electron chi connectivity index (χ2n) is 5.43. The van der Waals surface area contributed by atoms with Crippen molar-refractivity contribution in [2.24, 2.45) is 5.41 Å². The van der Waals surface area contributed by atoms with Crippen LogP contribution in [0.25, 0.3) is 0 Å². The molecule has 0 atom stereocenters. The zero-order valence-electron chi connectivity index (χ0n) is 12.0. The van der Waals surface area contributed by atoms with Gasteiger partial charge in [0.05, 0.1) is 0 Å². The Bertz CT molecular complexity index is 256. The highest BCUT2D eigenvalue weighted by Crippen LogP contribution is 2.24. The van der Waals surface area contributed by atoms with E-state index in [0.29, 0.717) is 0 Å². The number of hydrogen-bond acceptors (Lipinski definition) is 2. The Morgan fingerprint density at radius 1 is 1.19 bits per heavy atom. The molecule has 0 amide bonds. The molecule has 0 saturated heterocycles. The van der Waals surface area contributed by atoms with Gasteiger partial charge in [-0.1, -0.05) is 32.4 Å². The maximum Gasteiger partial charge on any atom is 0.0296 e. The monoisotopic (exact) mass is 224 g/mol. The van der Waals surface area contributed by atoms with E-state index in [1.54, 1.807) is 0 Å². The van der Waals surface area contributed by atoms with Crippen LogP contribution in [0.3, 0.4) is 0 Å². The van der Waals surface area contributed by atoms with E-state index >= 15 is 0 Å². The van der Waals surface area contributed by atoms with Crippen LogP contribution in [0.15, 0.2) is 23.4 Å². The summed E-state index contributed by atoms with van der Waals surface area (Å²) in [5.41, 5.74) is 2.98. The molecule has 0 rings (SSSR count). The summed E-state index contributed by atoms with van der Waals surface area (Å²) in [5.74, 6) is 0. The van der Waals surface area contributed by atoms with Crippen molar-refractivity contribution in [2.45, 2.75) is 34.6 Å². The molecule has 0 radical (unpaired) electrons. The Hall–Kier alpha value is -0.760. The van der Waals surface area contributed by atoms with Gasteiger partial charge < -0.3 is 10.2 Å². The van der Waals surface area contributed by atoms with Gasteiger partial charge in [-0.15, -0.1) is 0 Å². The summed E-state index contributed by atoms with van der Waals surface area (Å²) in [6.45, 7) is 13.1. The predicted molar refractivity (Wildman–Crippen MR) is 73.5 cm³/mol. The first-order valence-corrected chi connectivity index (χ1v) is 6.00. The first-order chi connectivity index (χ1) is 7.29. The molecule has 0 heterocycles. The SMILES string of the molecule is CNCCN(C)/C(C)=C/C=C(\C)C(C)(C)C. The molecule has 0 aliphatic carbocycles.